The van der Waals surface area contributed by atoms with E-state index in [0.717, 1.165) is 130 Å². The zero-order valence-corrected chi connectivity index (χ0v) is 76.0. The molecule has 0 fully saturated rings. The van der Waals surface area contributed by atoms with E-state index in [1.807, 2.05) is 147 Å². The highest BCUT2D eigenvalue weighted by molar-refractivity contribution is 8.00. The number of nitrogens with zero attached hydrogens (tertiary/aromatic N) is 4. The number of para-hydroxylation sites is 4. The van der Waals surface area contributed by atoms with E-state index >= 15 is 0 Å². The molecule has 8 aromatic carbocycles. The van der Waals surface area contributed by atoms with Crippen molar-refractivity contribution in [2.75, 3.05) is 85.3 Å². The average molecular weight is 1760 g/mol. The normalized spacial score (nSPS) is 16.6. The molecule has 121 heavy (non-hydrogen) atoms. The summed E-state index contributed by atoms with van der Waals surface area (Å²) in [6.07, 6.45) is 23.7. The molecule has 4 atom stereocenters. The molecule has 4 aliphatic heterocycles. The fourth-order valence-electron chi connectivity index (χ4n) is 15.3. The highest BCUT2D eigenvalue weighted by Crippen LogP contribution is 2.47. The number of hydrogen-bond acceptors (Lipinski definition) is 21. The maximum atomic E-state index is 13.4. The van der Waals surface area contributed by atoms with Crippen LogP contribution in [-0.2, 0) is 73.6 Å². The minimum absolute atomic E-state index is 0.0252. The molecule has 0 bridgehead atoms. The second-order valence-electron chi connectivity index (χ2n) is 30.2. The summed E-state index contributed by atoms with van der Waals surface area (Å²) in [5, 5.41) is 25.2. The maximum Gasteiger partial charge on any atom is 0.373 e. The third-order valence-corrected chi connectivity index (χ3v) is 29.7. The summed E-state index contributed by atoms with van der Waals surface area (Å²) in [6.45, 7) is 18.8. The number of benzene rings is 8. The zero-order chi connectivity index (χ0) is 88.9. The molecule has 0 radical (unpaired) electrons. The smallest absolute Gasteiger partial charge is 0.373 e. The van der Waals surface area contributed by atoms with Crippen molar-refractivity contribution in [3.05, 3.63) is 225 Å². The Labute approximate surface area is 722 Å². The van der Waals surface area contributed by atoms with Crippen molar-refractivity contribution >= 4 is 93.1 Å². The van der Waals surface area contributed by atoms with E-state index < -0.39 is 40.1 Å². The number of aromatic hydroxyl groups is 1. The Morgan fingerprint density at radius 3 is 1.12 bits per heavy atom. The SMILES string of the molecule is CCCCCCCCNC1c2ccccc2N(C)S(=O)(=O)c2cc(C)ccc21.CCCCCCCCNC1c2ccccc2N(C)S(=O)(=O)c2ccc(C)cc21.CCCCCCCCNC1c2ccccc2S(=O)(=O)N(C)c2c(O)cccc21.COCCCNC1c2ccccc2N(C)S(=O)(=O)c2cc(SC(C)C)ccc21.O=C=O.O=C=O.O=C=O. The predicted molar refractivity (Wildman–Crippen MR) is 477 cm³/mol. The van der Waals surface area contributed by atoms with Crippen LogP contribution < -0.4 is 38.5 Å². The Balaban J connectivity index is 0.000000241. The van der Waals surface area contributed by atoms with Gasteiger partial charge in [0.15, 0.2) is 0 Å². The number of anilines is 4. The number of phenolic OH excluding ortho intramolecular Hbond substituents is 1. The number of unbranched alkanes of at least 4 members (excludes halogenated alkanes) is 15. The molecule has 12 rings (SSSR count). The number of carbonyl (C=O) groups excluding carboxylic acids is 6. The molecule has 8 aromatic rings. The van der Waals surface area contributed by atoms with Crippen LogP contribution in [-0.4, -0.2) is 131 Å². The van der Waals surface area contributed by atoms with Crippen molar-refractivity contribution in [3.8, 4) is 5.75 Å². The number of rotatable bonds is 31. The average Bonchev–Trinajstić information content (AvgIpc) is 1.63. The molecule has 0 saturated carbocycles. The van der Waals surface area contributed by atoms with Gasteiger partial charge in [0, 0.05) is 57.6 Å². The first-order valence-corrected chi connectivity index (χ1v) is 48.2. The van der Waals surface area contributed by atoms with Gasteiger partial charge in [-0.25, -0.2) is 33.7 Å². The fraction of sp³-hybridized carbons (Fsp3) is 0.446. The van der Waals surface area contributed by atoms with Crippen LogP contribution in [0.3, 0.4) is 0 Å². The lowest BCUT2D eigenvalue weighted by molar-refractivity contribution is -0.193. The van der Waals surface area contributed by atoms with Gasteiger partial charge < -0.3 is 31.1 Å². The van der Waals surface area contributed by atoms with E-state index in [4.69, 9.17) is 33.5 Å². The van der Waals surface area contributed by atoms with Crippen LogP contribution in [0.4, 0.5) is 22.7 Å². The number of thioether (sulfide) groups is 1. The molecule has 4 unspecified atom stereocenters. The minimum Gasteiger partial charge on any atom is -0.506 e. The van der Waals surface area contributed by atoms with Crippen molar-refractivity contribution in [2.24, 2.45) is 0 Å². The van der Waals surface area contributed by atoms with E-state index in [1.54, 1.807) is 70.3 Å². The number of sulfonamides is 4. The lowest BCUT2D eigenvalue weighted by Gasteiger charge is -2.23. The van der Waals surface area contributed by atoms with Crippen molar-refractivity contribution in [2.45, 2.75) is 224 Å². The van der Waals surface area contributed by atoms with E-state index in [0.29, 0.717) is 37.9 Å². The van der Waals surface area contributed by atoms with Crippen molar-refractivity contribution in [3.63, 3.8) is 0 Å². The Hall–Kier alpha value is -9.15. The van der Waals surface area contributed by atoms with E-state index in [2.05, 4.69) is 55.9 Å². The van der Waals surface area contributed by atoms with Crippen LogP contribution in [0.25, 0.3) is 0 Å². The Kier molecular flexibility index (Phi) is 42.0. The summed E-state index contributed by atoms with van der Waals surface area (Å²) in [7, 11) is -6.42. The summed E-state index contributed by atoms with van der Waals surface area (Å²) in [4.78, 5) is 51.2. The van der Waals surface area contributed by atoms with Gasteiger partial charge in [0.05, 0.1) is 66.5 Å². The molecule has 0 aliphatic carbocycles. The molecule has 29 heteroatoms. The number of fused-ring (bicyclic) bond motifs is 8. The lowest BCUT2D eigenvalue weighted by Crippen LogP contribution is -2.26. The molecule has 4 aliphatic rings. The largest absolute Gasteiger partial charge is 0.506 e. The van der Waals surface area contributed by atoms with Crippen molar-refractivity contribution in [1.82, 2.24) is 21.3 Å². The van der Waals surface area contributed by atoms with Crippen LogP contribution in [0.5, 0.6) is 5.75 Å². The first-order valence-electron chi connectivity index (χ1n) is 41.6. The second-order valence-corrected chi connectivity index (χ2v) is 39.6. The van der Waals surface area contributed by atoms with Crippen molar-refractivity contribution < 1.29 is 72.3 Å². The number of phenols is 1. The van der Waals surface area contributed by atoms with Crippen LogP contribution in [0.15, 0.2) is 194 Å². The summed E-state index contributed by atoms with van der Waals surface area (Å²) >= 11 is 1.67. The molecular formula is C92H122N8O16S5. The topological polar surface area (TPSA) is 330 Å². The Morgan fingerprint density at radius 2 is 0.686 bits per heavy atom. The van der Waals surface area contributed by atoms with Crippen LogP contribution in [0.2, 0.25) is 0 Å². The Morgan fingerprint density at radius 1 is 0.364 bits per heavy atom. The summed E-state index contributed by atoms with van der Waals surface area (Å²) in [5.41, 5.74) is 11.6. The Bertz CT molecular complexity index is 5170. The molecule has 0 spiro atoms. The number of hydrogen-bond donors (Lipinski definition) is 5. The molecule has 656 valence electrons. The molecule has 0 aromatic heterocycles. The van der Waals surface area contributed by atoms with Crippen molar-refractivity contribution in [1.29, 1.82) is 0 Å². The quantitative estimate of drug-likeness (QED) is 0.0199. The standard InChI is InChI=1S/2C23H32N2O2S.C22H30N2O3S.C21H28N2O3S2.3CO2/c1-4-5-6-7-8-11-16-24-23-19-12-9-10-13-21(19)25(3)28(26,27)22-15-14-18(2)17-20(22)23;1-4-5-6-7-8-11-16-24-23-19-12-9-10-13-21(19)25(3)28(26,27)22-17-18(2)14-15-20(22)23;1-3-4-5-6-7-10-16-23-21-17-12-8-9-15-20(17)28(26,27)24(2)22-18(21)13-11-14-19(22)25;1-15(2)27-16-10-11-18-20(14-16)28(24,25)23(3)19-9-6-5-8-17(19)21(18)22-12-7-13-26-4;3*2-1-3/h2*9-10,12-15,17,23-24H,4-8,11,16H2,1-3H3;8-9,11-15,21,23,25H,3-7,10,16H2,1-2H3;5-6,8-11,14-15,21-22H,7,12-13H2,1-4H3;;;. The lowest BCUT2D eigenvalue weighted by atomic mass is 9.95. The van der Waals surface area contributed by atoms with Gasteiger partial charge in [-0.1, -0.05) is 252 Å². The number of ether oxygens (including phenoxy) is 1. The van der Waals surface area contributed by atoms with Crippen LogP contribution >= 0.6 is 11.8 Å². The molecule has 0 amide bonds. The molecule has 0 saturated heterocycles. The third-order valence-electron chi connectivity index (χ3n) is 21.4. The van der Waals surface area contributed by atoms with Gasteiger partial charge in [0.1, 0.15) is 5.75 Å². The first-order chi connectivity index (χ1) is 58.0. The maximum absolute atomic E-state index is 13.4. The molecule has 24 nitrogen and oxygen atoms in total. The van der Waals surface area contributed by atoms with Crippen LogP contribution in [0.1, 0.15) is 236 Å². The van der Waals surface area contributed by atoms with E-state index in [-0.39, 0.29) is 53.3 Å². The number of aryl methyl sites for hydroxylation is 2. The van der Waals surface area contributed by atoms with Gasteiger partial charge in [0.2, 0.25) is 0 Å². The van der Waals surface area contributed by atoms with Gasteiger partial charge in [-0.15, -0.1) is 11.8 Å². The van der Waals surface area contributed by atoms with Gasteiger partial charge in [0.25, 0.3) is 40.1 Å². The second kappa shape index (κ2) is 50.4. The van der Waals surface area contributed by atoms with Gasteiger partial charge in [-0.3, -0.25) is 17.2 Å². The summed E-state index contributed by atoms with van der Waals surface area (Å²) in [5.74, 6) is -0.0252. The first kappa shape index (κ1) is 101. The molecular weight excluding hydrogens is 1630 g/mol. The predicted octanol–water partition coefficient (Wildman–Crippen LogP) is 17.2. The highest BCUT2D eigenvalue weighted by atomic mass is 32.2. The zero-order valence-electron chi connectivity index (χ0n) is 71.9. The highest BCUT2D eigenvalue weighted by Gasteiger charge is 2.40. The molecule has 4 heterocycles. The number of methoxy groups -OCH3 is 1. The monoisotopic (exact) mass is 1750 g/mol. The van der Waals surface area contributed by atoms with Gasteiger partial charge in [-0.2, -0.15) is 28.8 Å². The van der Waals surface area contributed by atoms with Gasteiger partial charge >= 0.3 is 18.5 Å². The third kappa shape index (κ3) is 26.9. The molecule has 5 N–H and O–H groups in total. The fourth-order valence-corrected chi connectivity index (χ4v) is 22.1. The number of nitrogens with one attached hydrogen (secondary N) is 4. The van der Waals surface area contributed by atoms with Gasteiger partial charge in [-0.05, 0) is 165 Å². The van der Waals surface area contributed by atoms with Crippen LogP contribution in [0, 0.1) is 13.8 Å². The summed E-state index contributed by atoms with van der Waals surface area (Å²) in [6, 6.07) is 52.1. The summed E-state index contributed by atoms with van der Waals surface area (Å²) < 4.78 is 117. The van der Waals surface area contributed by atoms with E-state index in [1.165, 1.54) is 120 Å². The minimum atomic E-state index is -3.74. The van der Waals surface area contributed by atoms with E-state index in [9.17, 15) is 38.8 Å².